The van der Waals surface area contributed by atoms with Crippen molar-refractivity contribution in [1.82, 2.24) is 5.32 Å². The zero-order chi connectivity index (χ0) is 14.7. The van der Waals surface area contributed by atoms with Gasteiger partial charge in [0.25, 0.3) is 0 Å². The molecule has 1 fully saturated rings. The average Bonchev–Trinajstić information content (AvgIpc) is 2.41. The number of hydrogen-bond acceptors (Lipinski definition) is 5. The van der Waals surface area contributed by atoms with Crippen molar-refractivity contribution in [2.45, 2.75) is 25.1 Å². The second-order valence-electron chi connectivity index (χ2n) is 4.54. The Balaban J connectivity index is 2.03. The van der Waals surface area contributed by atoms with Crippen LogP contribution in [0.25, 0.3) is 0 Å². The summed E-state index contributed by atoms with van der Waals surface area (Å²) >= 11 is 0.990. The average molecular weight is 298 g/mol. The summed E-state index contributed by atoms with van der Waals surface area (Å²) in [5, 5.41) is 14.6. The molecule has 1 aliphatic heterocycles. The topological polar surface area (TPSA) is 78.4 Å². The number of para-hydroxylation sites is 1. The molecular weight excluding hydrogens is 283 g/mol. The summed E-state index contributed by atoms with van der Waals surface area (Å²) in [6.07, 6.45) is -0.890. The minimum absolute atomic E-state index is 0.0924. The molecule has 1 aromatic rings. The summed E-state index contributed by atoms with van der Waals surface area (Å²) in [7, 11) is 0. The fourth-order valence-electron chi connectivity index (χ4n) is 1.86. The van der Waals surface area contributed by atoms with Gasteiger partial charge < -0.3 is 10.4 Å². The van der Waals surface area contributed by atoms with Crippen molar-refractivity contribution in [2.24, 2.45) is 0 Å². The van der Waals surface area contributed by atoms with Crippen molar-refractivity contribution >= 4 is 28.5 Å². The van der Waals surface area contributed by atoms with Crippen LogP contribution < -0.4 is 10.6 Å². The first kappa shape index (κ1) is 15.0. The van der Waals surface area contributed by atoms with Crippen LogP contribution >= 0.6 is 11.8 Å². The third-order valence-corrected chi connectivity index (χ3v) is 4.00. The first-order valence-corrected chi connectivity index (χ1v) is 7.13. The van der Waals surface area contributed by atoms with Gasteiger partial charge >= 0.3 is 0 Å². The van der Waals surface area contributed by atoms with Gasteiger partial charge in [-0.1, -0.05) is 23.9 Å². The monoisotopic (exact) mass is 298 g/mol. The van der Waals surface area contributed by atoms with Crippen molar-refractivity contribution in [3.05, 3.63) is 30.1 Å². The number of rotatable bonds is 3. The minimum Gasteiger partial charge on any atom is -0.391 e. The maximum atomic E-state index is 13.4. The van der Waals surface area contributed by atoms with Crippen LogP contribution in [0.4, 0.5) is 10.1 Å². The van der Waals surface area contributed by atoms with Crippen LogP contribution in [0.2, 0.25) is 0 Å². The summed E-state index contributed by atoms with van der Waals surface area (Å²) in [5.41, 5.74) is 0.0924. The van der Waals surface area contributed by atoms with E-state index in [4.69, 9.17) is 0 Å². The number of nitrogens with one attached hydrogen (secondary N) is 2. The van der Waals surface area contributed by atoms with Crippen LogP contribution in [0, 0.1) is 5.82 Å². The molecule has 3 unspecified atom stereocenters. The lowest BCUT2D eigenvalue weighted by molar-refractivity contribution is -0.120. The Morgan fingerprint density at radius 1 is 1.55 bits per heavy atom. The largest absolute Gasteiger partial charge is 0.391 e. The van der Waals surface area contributed by atoms with Crippen molar-refractivity contribution in [3.63, 3.8) is 0 Å². The highest BCUT2D eigenvalue weighted by Gasteiger charge is 2.35. The summed E-state index contributed by atoms with van der Waals surface area (Å²) < 4.78 is 13.4. The number of thioether (sulfide) groups is 1. The number of aliphatic hydroxyl groups is 1. The number of amides is 1. The lowest BCUT2D eigenvalue weighted by Gasteiger charge is -2.30. The van der Waals surface area contributed by atoms with Crippen LogP contribution in [-0.2, 0) is 9.59 Å². The number of anilines is 1. The van der Waals surface area contributed by atoms with Gasteiger partial charge in [-0.2, -0.15) is 0 Å². The van der Waals surface area contributed by atoms with E-state index in [2.05, 4.69) is 10.6 Å². The Labute approximate surface area is 119 Å². The van der Waals surface area contributed by atoms with E-state index in [9.17, 15) is 19.1 Å². The second kappa shape index (κ2) is 6.34. The highest BCUT2D eigenvalue weighted by Crippen LogP contribution is 2.19. The zero-order valence-electron chi connectivity index (χ0n) is 10.8. The number of halogens is 1. The fourth-order valence-corrected chi connectivity index (χ4v) is 2.88. The van der Waals surface area contributed by atoms with E-state index in [1.807, 2.05) is 0 Å². The smallest absolute Gasteiger partial charge is 0.242 e. The van der Waals surface area contributed by atoms with Gasteiger partial charge in [0, 0.05) is 5.75 Å². The highest BCUT2D eigenvalue weighted by atomic mass is 32.2. The molecule has 2 rings (SSSR count). The molecule has 108 valence electrons. The predicted octanol–water partition coefficient (Wildman–Crippen LogP) is 0.745. The molecule has 0 aliphatic carbocycles. The number of benzene rings is 1. The molecule has 0 aromatic heterocycles. The molecule has 0 saturated carbocycles. The van der Waals surface area contributed by atoms with Crippen LogP contribution in [0.1, 0.15) is 6.92 Å². The Hall–Kier alpha value is -1.44. The quantitative estimate of drug-likeness (QED) is 0.767. The van der Waals surface area contributed by atoms with Gasteiger partial charge in [-0.15, -0.1) is 0 Å². The summed E-state index contributed by atoms with van der Waals surface area (Å²) in [6, 6.07) is 4.41. The van der Waals surface area contributed by atoms with E-state index in [1.54, 1.807) is 6.07 Å². The predicted molar refractivity (Wildman–Crippen MR) is 74.9 cm³/mol. The molecule has 5 nitrogen and oxygen atoms in total. The Kier molecular flexibility index (Phi) is 4.74. The van der Waals surface area contributed by atoms with Crippen LogP contribution in [0.3, 0.4) is 0 Å². The highest BCUT2D eigenvalue weighted by molar-refractivity contribution is 8.13. The first-order chi connectivity index (χ1) is 9.49. The van der Waals surface area contributed by atoms with Gasteiger partial charge in [0.15, 0.2) is 0 Å². The molecular formula is C13H15FN2O3S. The fraction of sp³-hybridized carbons (Fsp3) is 0.385. The molecule has 1 aliphatic rings. The molecule has 0 radical (unpaired) electrons. The Morgan fingerprint density at radius 3 is 2.90 bits per heavy atom. The second-order valence-corrected chi connectivity index (χ2v) is 5.56. The van der Waals surface area contributed by atoms with E-state index < -0.39 is 29.9 Å². The molecule has 0 bridgehead atoms. The van der Waals surface area contributed by atoms with Crippen molar-refractivity contribution < 1.29 is 19.1 Å². The summed E-state index contributed by atoms with van der Waals surface area (Å²) in [5.74, 6) is -0.698. The van der Waals surface area contributed by atoms with Crippen LogP contribution in [-0.4, -0.2) is 40.1 Å². The van der Waals surface area contributed by atoms with Crippen molar-refractivity contribution in [2.75, 3.05) is 11.1 Å². The lowest BCUT2D eigenvalue weighted by atomic mass is 10.1. The Morgan fingerprint density at radius 2 is 2.25 bits per heavy atom. The number of aliphatic hydroxyl groups excluding tert-OH is 1. The number of hydrogen-bond donors (Lipinski definition) is 3. The molecule has 20 heavy (non-hydrogen) atoms. The van der Waals surface area contributed by atoms with E-state index in [1.165, 1.54) is 25.1 Å². The molecule has 1 aromatic carbocycles. The molecule has 0 spiro atoms. The number of carbonyl (C=O) groups excluding carboxylic acids is 2. The normalized spacial score (nSPS) is 24.2. The van der Waals surface area contributed by atoms with Crippen molar-refractivity contribution in [3.8, 4) is 0 Å². The van der Waals surface area contributed by atoms with Gasteiger partial charge in [-0.05, 0) is 19.1 Å². The van der Waals surface area contributed by atoms with Crippen LogP contribution in [0.5, 0.6) is 0 Å². The van der Waals surface area contributed by atoms with Crippen LogP contribution in [0.15, 0.2) is 24.3 Å². The van der Waals surface area contributed by atoms with Crippen molar-refractivity contribution in [1.29, 1.82) is 0 Å². The zero-order valence-corrected chi connectivity index (χ0v) is 11.6. The number of carbonyl (C=O) groups is 2. The first-order valence-electron chi connectivity index (χ1n) is 6.15. The molecule has 1 saturated heterocycles. The molecule has 3 atom stereocenters. The maximum absolute atomic E-state index is 13.4. The van der Waals surface area contributed by atoms with E-state index in [0.717, 1.165) is 11.8 Å². The third-order valence-electron chi connectivity index (χ3n) is 2.96. The summed E-state index contributed by atoms with van der Waals surface area (Å²) in [6.45, 7) is 1.48. The maximum Gasteiger partial charge on any atom is 0.242 e. The lowest BCUT2D eigenvalue weighted by Crippen LogP contribution is -2.57. The SMILES string of the molecule is CC(O)C1NC(C(=O)Nc2ccccc2F)CSC1=O. The summed E-state index contributed by atoms with van der Waals surface area (Å²) in [4.78, 5) is 23.6. The molecule has 3 N–H and O–H groups in total. The Bertz CT molecular complexity index is 524. The third kappa shape index (κ3) is 3.36. The molecule has 1 amide bonds. The van der Waals surface area contributed by atoms with Gasteiger partial charge in [0.2, 0.25) is 11.0 Å². The van der Waals surface area contributed by atoms with Gasteiger partial charge in [-0.3, -0.25) is 14.9 Å². The van der Waals surface area contributed by atoms with E-state index in [-0.39, 0.29) is 16.6 Å². The molecule has 7 heteroatoms. The van der Waals surface area contributed by atoms with Gasteiger partial charge in [0.05, 0.1) is 17.8 Å². The molecule has 1 heterocycles. The van der Waals surface area contributed by atoms with Gasteiger partial charge in [-0.25, -0.2) is 4.39 Å². The van der Waals surface area contributed by atoms with Gasteiger partial charge in [0.1, 0.15) is 11.9 Å². The van der Waals surface area contributed by atoms with E-state index >= 15 is 0 Å². The van der Waals surface area contributed by atoms with E-state index in [0.29, 0.717) is 0 Å². The standard InChI is InChI=1S/C13H15FN2O3S/c1-7(17)11-13(19)20-6-10(15-11)12(18)16-9-5-3-2-4-8(9)14/h2-5,7,10-11,15,17H,6H2,1H3,(H,16,18). The minimum atomic E-state index is -0.890.